The van der Waals surface area contributed by atoms with Crippen molar-refractivity contribution in [2.45, 2.75) is 143 Å². The van der Waals surface area contributed by atoms with Crippen LogP contribution in [-0.2, 0) is 6.42 Å². The van der Waals surface area contributed by atoms with E-state index in [9.17, 15) is 0 Å². The molecular formula is C75H86N2O3. The van der Waals surface area contributed by atoms with E-state index in [1.54, 1.807) is 0 Å². The number of benzene rings is 8. The summed E-state index contributed by atoms with van der Waals surface area (Å²) < 4.78 is 18.5. The normalized spacial score (nSPS) is 11.6. The predicted octanol–water partition coefficient (Wildman–Crippen LogP) is 22.4. The van der Waals surface area contributed by atoms with Crippen LogP contribution >= 0.6 is 0 Å². The third-order valence-corrected chi connectivity index (χ3v) is 15.7. The first-order valence-corrected chi connectivity index (χ1v) is 30.5. The molecule has 414 valence electrons. The molecule has 0 atom stereocenters. The minimum absolute atomic E-state index is 0.740. The quantitative estimate of drug-likeness (QED) is 0.0393. The SMILES string of the molecule is C=C1c2cc(-c3ccc(N(c4ccc(CCCCCCC)cc4)c4ccc(OCCCCCC)cc4)cc3)ccc2-c2ccc(-c3ccc(N(c4ccc(OCCCCCC)cc4)c4ccc(OCCCCCC)cc4)cc3)cc21. The smallest absolute Gasteiger partial charge is 0.119 e. The van der Waals surface area contributed by atoms with Crippen molar-refractivity contribution in [1.29, 1.82) is 0 Å². The van der Waals surface area contributed by atoms with Gasteiger partial charge in [0.15, 0.2) is 0 Å². The average Bonchev–Trinajstić information content (AvgIpc) is 3.80. The largest absolute Gasteiger partial charge is 0.494 e. The molecule has 0 amide bonds. The number of fused-ring (bicyclic) bond motifs is 3. The number of rotatable bonds is 32. The van der Waals surface area contributed by atoms with Gasteiger partial charge in [-0.3, -0.25) is 0 Å². The molecule has 0 spiro atoms. The molecule has 1 aliphatic carbocycles. The van der Waals surface area contributed by atoms with Crippen LogP contribution in [0.25, 0.3) is 39.0 Å². The molecule has 0 N–H and O–H groups in total. The fourth-order valence-electron chi connectivity index (χ4n) is 11.0. The van der Waals surface area contributed by atoms with Gasteiger partial charge in [0.1, 0.15) is 17.2 Å². The van der Waals surface area contributed by atoms with E-state index < -0.39 is 0 Å². The van der Waals surface area contributed by atoms with E-state index in [0.29, 0.717) is 0 Å². The third kappa shape index (κ3) is 15.0. The van der Waals surface area contributed by atoms with E-state index >= 15 is 0 Å². The van der Waals surface area contributed by atoms with Crippen molar-refractivity contribution in [3.05, 3.63) is 205 Å². The van der Waals surface area contributed by atoms with E-state index in [4.69, 9.17) is 20.8 Å². The van der Waals surface area contributed by atoms with Crippen LogP contribution in [0.5, 0.6) is 17.2 Å². The standard InChI is InChI=1S/C75H86N2O3/c1-6-10-14-18-19-23-58-24-32-63(33-25-58)76(66-38-44-69(45-39-66)78-52-20-15-11-7-2)64-34-26-59(27-35-64)61-30-50-72-73-51-31-62(56-75(73)57(5)74(72)55-61)60-28-36-65(37-29-60)77(67-40-46-70(47-41-67)79-53-21-16-12-8-3)68-42-48-71(49-43-68)80-54-22-17-13-9-4/h24-51,55-56H,5-23,52-54H2,1-4H3. The Balaban J connectivity index is 0.913. The lowest BCUT2D eigenvalue weighted by Crippen LogP contribution is -2.10. The summed E-state index contributed by atoms with van der Waals surface area (Å²) >= 11 is 0. The predicted molar refractivity (Wildman–Crippen MR) is 342 cm³/mol. The molecule has 0 radical (unpaired) electrons. The van der Waals surface area contributed by atoms with E-state index in [1.807, 2.05) is 0 Å². The molecule has 0 saturated carbocycles. The van der Waals surface area contributed by atoms with Crippen LogP contribution in [0.2, 0.25) is 0 Å². The number of aryl methyl sites for hydroxylation is 1. The number of ether oxygens (including phenoxy) is 3. The molecule has 0 aliphatic heterocycles. The minimum atomic E-state index is 0.740. The molecule has 5 nitrogen and oxygen atoms in total. The van der Waals surface area contributed by atoms with Crippen molar-refractivity contribution in [2.75, 3.05) is 29.6 Å². The average molecular weight is 1060 g/mol. The Morgan fingerprint density at radius 3 is 0.912 bits per heavy atom. The van der Waals surface area contributed by atoms with Gasteiger partial charge in [-0.25, -0.2) is 0 Å². The van der Waals surface area contributed by atoms with E-state index in [1.165, 1.54) is 134 Å². The van der Waals surface area contributed by atoms with Crippen LogP contribution in [0.3, 0.4) is 0 Å². The monoisotopic (exact) mass is 1060 g/mol. The summed E-state index contributed by atoms with van der Waals surface area (Å²) in [5.41, 5.74) is 18.5. The molecular weight excluding hydrogens is 977 g/mol. The van der Waals surface area contributed by atoms with Crippen molar-refractivity contribution < 1.29 is 14.2 Å². The maximum Gasteiger partial charge on any atom is 0.119 e. The topological polar surface area (TPSA) is 34.2 Å². The van der Waals surface area contributed by atoms with Gasteiger partial charge in [-0.15, -0.1) is 0 Å². The molecule has 80 heavy (non-hydrogen) atoms. The number of hydrogen-bond donors (Lipinski definition) is 0. The molecule has 8 aromatic carbocycles. The second kappa shape index (κ2) is 29.6. The van der Waals surface area contributed by atoms with Gasteiger partial charge in [0.05, 0.1) is 19.8 Å². The lowest BCUT2D eigenvalue weighted by molar-refractivity contribution is 0.305. The summed E-state index contributed by atoms with van der Waals surface area (Å²) in [4.78, 5) is 4.67. The lowest BCUT2D eigenvalue weighted by Gasteiger charge is -2.26. The van der Waals surface area contributed by atoms with Crippen LogP contribution in [0.1, 0.15) is 154 Å². The van der Waals surface area contributed by atoms with Crippen molar-refractivity contribution in [1.82, 2.24) is 0 Å². The first-order valence-electron chi connectivity index (χ1n) is 30.5. The summed E-state index contributed by atoms with van der Waals surface area (Å²) in [5, 5.41) is 0. The van der Waals surface area contributed by atoms with Gasteiger partial charge >= 0.3 is 0 Å². The maximum atomic E-state index is 6.16. The molecule has 8 aromatic rings. The van der Waals surface area contributed by atoms with Gasteiger partial charge in [0, 0.05) is 34.1 Å². The number of anilines is 6. The number of nitrogens with zero attached hydrogens (tertiary/aromatic N) is 2. The molecule has 9 rings (SSSR count). The van der Waals surface area contributed by atoms with Crippen LogP contribution in [0.15, 0.2) is 189 Å². The summed E-state index contributed by atoms with van der Waals surface area (Å²) in [7, 11) is 0. The van der Waals surface area contributed by atoms with Gasteiger partial charge in [-0.2, -0.15) is 0 Å². The molecule has 0 aromatic heterocycles. The Morgan fingerprint density at radius 1 is 0.287 bits per heavy atom. The first-order chi connectivity index (χ1) is 39.4. The molecule has 0 bridgehead atoms. The van der Waals surface area contributed by atoms with Crippen molar-refractivity contribution >= 4 is 39.7 Å². The Labute approximate surface area is 480 Å². The highest BCUT2D eigenvalue weighted by Crippen LogP contribution is 2.47. The van der Waals surface area contributed by atoms with Crippen molar-refractivity contribution in [3.8, 4) is 50.6 Å². The number of unbranched alkanes of at least 4 members (excludes halogenated alkanes) is 13. The molecule has 1 aliphatic rings. The minimum Gasteiger partial charge on any atom is -0.494 e. The van der Waals surface area contributed by atoms with Gasteiger partial charge in [0.2, 0.25) is 0 Å². The Hall–Kier alpha value is -7.50. The highest BCUT2D eigenvalue weighted by Gasteiger charge is 2.24. The zero-order valence-electron chi connectivity index (χ0n) is 48.5. The fraction of sp³-hybridized carbons (Fsp3) is 0.333. The van der Waals surface area contributed by atoms with Crippen LogP contribution in [0.4, 0.5) is 34.1 Å². The molecule has 0 fully saturated rings. The zero-order valence-corrected chi connectivity index (χ0v) is 48.5. The molecule has 0 heterocycles. The van der Waals surface area contributed by atoms with Gasteiger partial charge in [0.25, 0.3) is 0 Å². The molecule has 0 saturated heterocycles. The summed E-state index contributed by atoms with van der Waals surface area (Å²) in [6.07, 6.45) is 21.8. The van der Waals surface area contributed by atoms with E-state index in [2.05, 4.69) is 219 Å². The van der Waals surface area contributed by atoms with Gasteiger partial charge in [-0.05, 0) is 209 Å². The molecule has 0 unspecified atom stereocenters. The summed E-state index contributed by atoms with van der Waals surface area (Å²) in [6, 6.07) is 66.5. The molecule has 5 heteroatoms. The van der Waals surface area contributed by atoms with Crippen molar-refractivity contribution in [3.63, 3.8) is 0 Å². The Morgan fingerprint density at radius 2 is 0.575 bits per heavy atom. The highest BCUT2D eigenvalue weighted by molar-refractivity contribution is 6.02. The van der Waals surface area contributed by atoms with Crippen LogP contribution in [-0.4, -0.2) is 19.8 Å². The van der Waals surface area contributed by atoms with E-state index in [-0.39, 0.29) is 0 Å². The fourth-order valence-corrected chi connectivity index (χ4v) is 11.0. The second-order valence-electron chi connectivity index (χ2n) is 21.8. The van der Waals surface area contributed by atoms with Crippen LogP contribution in [0, 0.1) is 0 Å². The van der Waals surface area contributed by atoms with Gasteiger partial charge in [-0.1, -0.05) is 178 Å². The zero-order chi connectivity index (χ0) is 55.3. The van der Waals surface area contributed by atoms with Crippen molar-refractivity contribution in [2.24, 2.45) is 0 Å². The van der Waals surface area contributed by atoms with Gasteiger partial charge < -0.3 is 24.0 Å². The number of hydrogen-bond acceptors (Lipinski definition) is 5. The second-order valence-corrected chi connectivity index (χ2v) is 21.8. The lowest BCUT2D eigenvalue weighted by atomic mass is 9.98. The summed E-state index contributed by atoms with van der Waals surface area (Å²) in [5.74, 6) is 2.72. The summed E-state index contributed by atoms with van der Waals surface area (Å²) in [6.45, 7) is 15.9. The highest BCUT2D eigenvalue weighted by atomic mass is 16.5. The van der Waals surface area contributed by atoms with E-state index in [0.717, 1.165) is 108 Å². The van der Waals surface area contributed by atoms with Crippen LogP contribution < -0.4 is 24.0 Å². The Bertz CT molecular complexity index is 2810. The third-order valence-electron chi connectivity index (χ3n) is 15.7. The maximum absolute atomic E-state index is 6.16. The first kappa shape index (κ1) is 57.2. The Kier molecular flexibility index (Phi) is 21.2.